The van der Waals surface area contributed by atoms with Gasteiger partial charge in [-0.25, -0.2) is 9.18 Å². The molecule has 0 saturated carbocycles. The van der Waals surface area contributed by atoms with E-state index in [1.54, 1.807) is 29.2 Å². The Bertz CT molecular complexity index is 987. The maximum absolute atomic E-state index is 14.5. The molecule has 2 aliphatic rings. The molecule has 0 spiro atoms. The molecule has 0 fully saturated rings. The molecule has 148 valence electrons. The molecule has 1 N–H and O–H groups in total. The summed E-state index contributed by atoms with van der Waals surface area (Å²) in [7, 11) is 0. The maximum Gasteiger partial charge on any atom is 0.322 e. The molecule has 0 aliphatic carbocycles. The van der Waals surface area contributed by atoms with Crippen molar-refractivity contribution in [3.8, 4) is 0 Å². The van der Waals surface area contributed by atoms with Crippen molar-refractivity contribution in [2.24, 2.45) is 0 Å². The van der Waals surface area contributed by atoms with Gasteiger partial charge >= 0.3 is 6.03 Å². The standard InChI is InChI=1S/C23H22FN3O2/c1-2-13-27-19-15-26(14-12-16-8-4-3-5-9-16)22(28)20(19)21(25-23(27)29)17-10-6-7-11-18(17)24/h2-11,21H,1,12-15H2,(H,25,29). The van der Waals surface area contributed by atoms with Crippen molar-refractivity contribution in [1.29, 1.82) is 0 Å². The minimum atomic E-state index is -0.797. The number of nitrogens with one attached hydrogen (secondary N) is 1. The Morgan fingerprint density at radius 2 is 1.83 bits per heavy atom. The van der Waals surface area contributed by atoms with Crippen molar-refractivity contribution in [2.45, 2.75) is 12.5 Å². The summed E-state index contributed by atoms with van der Waals surface area (Å²) in [5, 5.41) is 2.80. The van der Waals surface area contributed by atoms with Gasteiger partial charge in [-0.1, -0.05) is 54.6 Å². The Kier molecular flexibility index (Phi) is 5.16. The van der Waals surface area contributed by atoms with Gasteiger partial charge in [0.15, 0.2) is 0 Å². The third-order valence-electron chi connectivity index (χ3n) is 5.34. The number of rotatable bonds is 6. The van der Waals surface area contributed by atoms with E-state index in [9.17, 15) is 14.0 Å². The highest BCUT2D eigenvalue weighted by atomic mass is 19.1. The lowest BCUT2D eigenvalue weighted by atomic mass is 9.95. The van der Waals surface area contributed by atoms with Crippen molar-refractivity contribution in [1.82, 2.24) is 15.1 Å². The average Bonchev–Trinajstić information content (AvgIpc) is 3.06. The van der Waals surface area contributed by atoms with E-state index in [1.807, 2.05) is 30.3 Å². The first-order valence-corrected chi connectivity index (χ1v) is 9.59. The van der Waals surface area contributed by atoms with Gasteiger partial charge in [-0.3, -0.25) is 9.69 Å². The van der Waals surface area contributed by atoms with Gasteiger partial charge in [0, 0.05) is 18.7 Å². The lowest BCUT2D eigenvalue weighted by Crippen LogP contribution is -2.47. The van der Waals surface area contributed by atoms with Crippen LogP contribution in [-0.4, -0.2) is 41.4 Å². The second-order valence-corrected chi connectivity index (χ2v) is 7.13. The fourth-order valence-electron chi connectivity index (χ4n) is 3.90. The number of amides is 3. The number of halogens is 1. The van der Waals surface area contributed by atoms with Crippen LogP contribution in [0.3, 0.4) is 0 Å². The fraction of sp³-hybridized carbons (Fsp3) is 0.217. The summed E-state index contributed by atoms with van der Waals surface area (Å²) in [6, 6.07) is 15.0. The number of nitrogens with zero attached hydrogens (tertiary/aromatic N) is 2. The zero-order valence-electron chi connectivity index (χ0n) is 16.0. The number of carbonyl (C=O) groups excluding carboxylic acids is 2. The van der Waals surface area contributed by atoms with Gasteiger partial charge in [0.05, 0.1) is 23.9 Å². The summed E-state index contributed by atoms with van der Waals surface area (Å²) in [4.78, 5) is 29.2. The van der Waals surface area contributed by atoms with Gasteiger partial charge < -0.3 is 10.2 Å². The van der Waals surface area contributed by atoms with Crippen molar-refractivity contribution >= 4 is 11.9 Å². The fourth-order valence-corrected chi connectivity index (χ4v) is 3.90. The number of benzene rings is 2. The van der Waals surface area contributed by atoms with Crippen LogP contribution in [0.4, 0.5) is 9.18 Å². The van der Waals surface area contributed by atoms with E-state index in [4.69, 9.17) is 0 Å². The Hall–Kier alpha value is -3.41. The summed E-state index contributed by atoms with van der Waals surface area (Å²) in [6.07, 6.45) is 2.32. The second kappa shape index (κ2) is 7.91. The number of hydrogen-bond acceptors (Lipinski definition) is 2. The Morgan fingerprint density at radius 1 is 1.10 bits per heavy atom. The highest BCUT2D eigenvalue weighted by molar-refractivity contribution is 6.01. The Labute approximate surface area is 169 Å². The Morgan fingerprint density at radius 3 is 2.55 bits per heavy atom. The van der Waals surface area contributed by atoms with Crippen molar-refractivity contribution in [2.75, 3.05) is 19.6 Å². The van der Waals surface area contributed by atoms with Crippen LogP contribution >= 0.6 is 0 Å². The normalized spacial score (nSPS) is 18.7. The topological polar surface area (TPSA) is 52.7 Å². The quantitative estimate of drug-likeness (QED) is 0.768. The molecule has 2 heterocycles. The molecule has 2 aliphatic heterocycles. The molecule has 1 atom stereocenters. The van der Waals surface area contributed by atoms with Crippen LogP contribution in [0, 0.1) is 5.82 Å². The molecule has 29 heavy (non-hydrogen) atoms. The number of urea groups is 1. The molecule has 1 unspecified atom stereocenters. The third kappa shape index (κ3) is 3.53. The monoisotopic (exact) mass is 391 g/mol. The molecule has 2 aromatic carbocycles. The minimum absolute atomic E-state index is 0.168. The van der Waals surface area contributed by atoms with Crippen molar-refractivity contribution < 1.29 is 14.0 Å². The minimum Gasteiger partial charge on any atom is -0.333 e. The van der Waals surface area contributed by atoms with E-state index in [1.165, 1.54) is 11.0 Å². The molecule has 0 saturated heterocycles. The second-order valence-electron chi connectivity index (χ2n) is 7.13. The molecule has 0 bridgehead atoms. The molecule has 6 heteroatoms. The van der Waals surface area contributed by atoms with Crippen LogP contribution in [0.2, 0.25) is 0 Å². The largest absolute Gasteiger partial charge is 0.333 e. The van der Waals surface area contributed by atoms with Crippen LogP contribution in [0.15, 0.2) is 78.5 Å². The predicted octanol–water partition coefficient (Wildman–Crippen LogP) is 3.42. The van der Waals surface area contributed by atoms with E-state index in [2.05, 4.69) is 11.9 Å². The van der Waals surface area contributed by atoms with Gasteiger partial charge in [-0.05, 0) is 18.1 Å². The summed E-state index contributed by atoms with van der Waals surface area (Å²) in [5.41, 5.74) is 2.49. The van der Waals surface area contributed by atoms with Gasteiger partial charge in [0.2, 0.25) is 0 Å². The van der Waals surface area contributed by atoms with E-state index in [0.717, 1.165) is 5.56 Å². The molecule has 4 rings (SSSR count). The van der Waals surface area contributed by atoms with Gasteiger partial charge in [-0.2, -0.15) is 0 Å². The van der Waals surface area contributed by atoms with E-state index >= 15 is 0 Å². The summed E-state index contributed by atoms with van der Waals surface area (Å²) in [5.74, 6) is -0.615. The molecular weight excluding hydrogens is 369 g/mol. The smallest absolute Gasteiger partial charge is 0.322 e. The molecule has 2 aromatic rings. The molecule has 0 aromatic heterocycles. The average molecular weight is 391 g/mol. The van der Waals surface area contributed by atoms with Crippen LogP contribution in [-0.2, 0) is 11.2 Å². The van der Waals surface area contributed by atoms with E-state index in [-0.39, 0.29) is 18.5 Å². The molecular formula is C23H22FN3O2. The first-order valence-electron chi connectivity index (χ1n) is 9.59. The molecule has 0 radical (unpaired) electrons. The van der Waals surface area contributed by atoms with Gasteiger partial charge in [0.1, 0.15) is 5.82 Å². The van der Waals surface area contributed by atoms with Crippen LogP contribution in [0.25, 0.3) is 0 Å². The number of carbonyl (C=O) groups is 2. The van der Waals surface area contributed by atoms with E-state index in [0.29, 0.717) is 36.3 Å². The first kappa shape index (κ1) is 18.9. The van der Waals surface area contributed by atoms with E-state index < -0.39 is 11.9 Å². The first-order chi connectivity index (χ1) is 14.1. The lowest BCUT2D eigenvalue weighted by Gasteiger charge is -2.33. The maximum atomic E-state index is 14.5. The SMILES string of the molecule is C=CCN1C(=O)NC(c2ccccc2F)C2=C1CN(CCc1ccccc1)C2=O. The summed E-state index contributed by atoms with van der Waals surface area (Å²) < 4.78 is 14.5. The van der Waals surface area contributed by atoms with Gasteiger partial charge in [-0.15, -0.1) is 6.58 Å². The zero-order chi connectivity index (χ0) is 20.4. The van der Waals surface area contributed by atoms with Crippen LogP contribution in [0.1, 0.15) is 17.2 Å². The highest BCUT2D eigenvalue weighted by Crippen LogP contribution is 2.37. The highest BCUT2D eigenvalue weighted by Gasteiger charge is 2.44. The predicted molar refractivity (Wildman–Crippen MR) is 108 cm³/mol. The number of hydrogen-bond donors (Lipinski definition) is 1. The summed E-state index contributed by atoms with van der Waals surface area (Å²) in [6.45, 7) is 4.84. The van der Waals surface area contributed by atoms with Crippen molar-refractivity contribution in [3.63, 3.8) is 0 Å². The zero-order valence-corrected chi connectivity index (χ0v) is 16.0. The molecule has 5 nitrogen and oxygen atoms in total. The summed E-state index contributed by atoms with van der Waals surface area (Å²) >= 11 is 0. The lowest BCUT2D eigenvalue weighted by molar-refractivity contribution is -0.125. The third-order valence-corrected chi connectivity index (χ3v) is 5.34. The Balaban J connectivity index is 1.65. The van der Waals surface area contributed by atoms with Crippen LogP contribution in [0.5, 0.6) is 0 Å². The van der Waals surface area contributed by atoms with Crippen LogP contribution < -0.4 is 5.32 Å². The van der Waals surface area contributed by atoms with Crippen molar-refractivity contribution in [3.05, 3.63) is 95.5 Å². The molecule has 3 amide bonds. The van der Waals surface area contributed by atoms with Gasteiger partial charge in [0.25, 0.3) is 5.91 Å².